The molecule has 1 amide bonds. The maximum atomic E-state index is 11.9. The first-order valence-electron chi connectivity index (χ1n) is 6.66. The van der Waals surface area contributed by atoms with E-state index in [2.05, 4.69) is 21.2 Å². The zero-order valence-corrected chi connectivity index (χ0v) is 12.9. The molecule has 1 aliphatic heterocycles. The van der Waals surface area contributed by atoms with Crippen molar-refractivity contribution < 1.29 is 14.3 Å². The van der Waals surface area contributed by atoms with E-state index < -0.39 is 6.09 Å². The zero-order chi connectivity index (χ0) is 14.7. The number of halogens is 1. The van der Waals surface area contributed by atoms with Gasteiger partial charge in [-0.1, -0.05) is 30.3 Å². The van der Waals surface area contributed by atoms with Crippen LogP contribution in [0.2, 0.25) is 0 Å². The Bertz CT molecular complexity index is 658. The number of amides is 1. The fourth-order valence-corrected chi connectivity index (χ4v) is 2.73. The van der Waals surface area contributed by atoms with Crippen molar-refractivity contribution in [3.8, 4) is 5.75 Å². The molecular weight excluding hydrogens is 334 g/mol. The number of carbonyl (C=O) groups is 1. The van der Waals surface area contributed by atoms with E-state index in [1.165, 1.54) is 0 Å². The van der Waals surface area contributed by atoms with Gasteiger partial charge in [0.1, 0.15) is 12.4 Å². The van der Waals surface area contributed by atoms with Crippen LogP contribution in [-0.2, 0) is 17.8 Å². The highest BCUT2D eigenvalue weighted by atomic mass is 79.9. The summed E-state index contributed by atoms with van der Waals surface area (Å²) in [5, 5.41) is 2.78. The third-order valence-corrected chi connectivity index (χ3v) is 3.88. The minimum atomic E-state index is -0.463. The van der Waals surface area contributed by atoms with Crippen LogP contribution in [0.3, 0.4) is 0 Å². The molecule has 0 atom stereocenters. The highest BCUT2D eigenvalue weighted by molar-refractivity contribution is 9.10. The fourth-order valence-electron chi connectivity index (χ4n) is 2.24. The molecule has 0 unspecified atom stereocenters. The molecule has 1 N–H and O–H groups in total. The lowest BCUT2D eigenvalue weighted by Gasteiger charge is -2.11. The van der Waals surface area contributed by atoms with Crippen molar-refractivity contribution in [2.75, 3.05) is 11.9 Å². The van der Waals surface area contributed by atoms with Gasteiger partial charge in [0.2, 0.25) is 0 Å². The van der Waals surface area contributed by atoms with Gasteiger partial charge >= 0.3 is 6.09 Å². The number of nitrogens with one attached hydrogen (secondary N) is 1. The molecule has 0 bridgehead atoms. The van der Waals surface area contributed by atoms with Crippen LogP contribution in [0, 0.1) is 0 Å². The molecule has 21 heavy (non-hydrogen) atoms. The van der Waals surface area contributed by atoms with Crippen LogP contribution in [0.25, 0.3) is 0 Å². The van der Waals surface area contributed by atoms with Crippen molar-refractivity contribution in [3.05, 3.63) is 58.1 Å². The van der Waals surface area contributed by atoms with E-state index in [4.69, 9.17) is 9.47 Å². The Balaban J connectivity index is 1.65. The minimum absolute atomic E-state index is 0.252. The largest absolute Gasteiger partial charge is 0.492 e. The second-order valence-corrected chi connectivity index (χ2v) is 5.54. The quantitative estimate of drug-likeness (QED) is 0.907. The predicted molar refractivity (Wildman–Crippen MR) is 83.6 cm³/mol. The molecule has 0 spiro atoms. The summed E-state index contributed by atoms with van der Waals surface area (Å²) in [6.45, 7) is 0.883. The van der Waals surface area contributed by atoms with Crippen molar-refractivity contribution in [3.63, 3.8) is 0 Å². The van der Waals surface area contributed by atoms with Crippen LogP contribution < -0.4 is 10.1 Å². The first kappa shape index (κ1) is 13.9. The topological polar surface area (TPSA) is 47.6 Å². The normalized spacial score (nSPS) is 12.4. The monoisotopic (exact) mass is 347 g/mol. The molecule has 0 radical (unpaired) electrons. The van der Waals surface area contributed by atoms with Crippen molar-refractivity contribution >= 4 is 27.7 Å². The molecule has 0 aliphatic carbocycles. The van der Waals surface area contributed by atoms with E-state index in [1.807, 2.05) is 42.5 Å². The number of anilines is 1. The fraction of sp³-hybridized carbons (Fsp3) is 0.188. The summed E-state index contributed by atoms with van der Waals surface area (Å²) in [5.74, 6) is 0.802. The van der Waals surface area contributed by atoms with Crippen LogP contribution in [0.15, 0.2) is 46.9 Å². The van der Waals surface area contributed by atoms with E-state index in [-0.39, 0.29) is 6.61 Å². The van der Waals surface area contributed by atoms with E-state index in [0.717, 1.165) is 33.5 Å². The molecule has 5 heteroatoms. The van der Waals surface area contributed by atoms with Gasteiger partial charge < -0.3 is 9.47 Å². The van der Waals surface area contributed by atoms with Gasteiger partial charge in [0.15, 0.2) is 0 Å². The van der Waals surface area contributed by atoms with Crippen LogP contribution >= 0.6 is 15.9 Å². The van der Waals surface area contributed by atoms with Crippen molar-refractivity contribution in [2.45, 2.75) is 13.0 Å². The molecule has 1 aliphatic rings. The van der Waals surface area contributed by atoms with Crippen molar-refractivity contribution in [1.29, 1.82) is 0 Å². The summed E-state index contributed by atoms with van der Waals surface area (Å²) in [7, 11) is 0. The maximum absolute atomic E-state index is 11.9. The highest BCUT2D eigenvalue weighted by Crippen LogP contribution is 2.38. The average Bonchev–Trinajstić information content (AvgIpc) is 3.00. The maximum Gasteiger partial charge on any atom is 0.411 e. The number of hydrogen-bond donors (Lipinski definition) is 1. The van der Waals surface area contributed by atoms with E-state index >= 15 is 0 Å². The number of carbonyl (C=O) groups excluding carboxylic acids is 1. The lowest BCUT2D eigenvalue weighted by atomic mass is 10.1. The molecule has 0 aromatic heterocycles. The van der Waals surface area contributed by atoms with Gasteiger partial charge in [0.05, 0.1) is 16.8 Å². The second-order valence-electron chi connectivity index (χ2n) is 4.69. The minimum Gasteiger partial charge on any atom is -0.492 e. The van der Waals surface area contributed by atoms with E-state index in [0.29, 0.717) is 6.61 Å². The Morgan fingerprint density at radius 2 is 2.05 bits per heavy atom. The molecule has 0 fully saturated rings. The first-order valence-corrected chi connectivity index (χ1v) is 7.45. The van der Waals surface area contributed by atoms with E-state index in [9.17, 15) is 4.79 Å². The number of ether oxygens (including phenoxy) is 2. The summed E-state index contributed by atoms with van der Waals surface area (Å²) in [6, 6.07) is 13.3. The van der Waals surface area contributed by atoms with Gasteiger partial charge in [0, 0.05) is 12.0 Å². The second kappa shape index (κ2) is 6.18. The molecule has 3 rings (SSSR count). The molecule has 0 saturated carbocycles. The smallest absolute Gasteiger partial charge is 0.411 e. The predicted octanol–water partition coefficient (Wildman–Crippen LogP) is 4.13. The molecule has 4 nitrogen and oxygen atoms in total. The highest BCUT2D eigenvalue weighted by Gasteiger charge is 2.20. The molecular formula is C16H14BrNO3. The van der Waals surface area contributed by atoms with E-state index in [1.54, 1.807) is 0 Å². The lowest BCUT2D eigenvalue weighted by molar-refractivity contribution is 0.155. The van der Waals surface area contributed by atoms with Gasteiger partial charge in [-0.15, -0.1) is 0 Å². The van der Waals surface area contributed by atoms with Crippen LogP contribution in [-0.4, -0.2) is 12.7 Å². The van der Waals surface area contributed by atoms with Gasteiger partial charge in [0.25, 0.3) is 0 Å². The Hall–Kier alpha value is -2.01. The first-order chi connectivity index (χ1) is 10.2. The summed E-state index contributed by atoms with van der Waals surface area (Å²) < 4.78 is 11.7. The van der Waals surface area contributed by atoms with Crippen LogP contribution in [0.4, 0.5) is 10.5 Å². The van der Waals surface area contributed by atoms with Gasteiger partial charge in [-0.2, -0.15) is 0 Å². The standard InChI is InChI=1S/C16H14BrNO3/c17-13-6-7-14(12-8-9-20-15(12)13)18-16(19)21-10-11-4-2-1-3-5-11/h1-7H,8-10H2,(H,18,19). The summed E-state index contributed by atoms with van der Waals surface area (Å²) in [5.41, 5.74) is 2.70. The molecule has 108 valence electrons. The average molecular weight is 348 g/mol. The van der Waals surface area contributed by atoms with Gasteiger partial charge in [-0.05, 0) is 33.6 Å². The number of rotatable bonds is 3. The summed E-state index contributed by atoms with van der Waals surface area (Å²) in [4.78, 5) is 11.9. The summed E-state index contributed by atoms with van der Waals surface area (Å²) in [6.07, 6.45) is 0.318. The zero-order valence-electron chi connectivity index (χ0n) is 11.3. The number of hydrogen-bond acceptors (Lipinski definition) is 3. The molecule has 1 heterocycles. The Kier molecular flexibility index (Phi) is 4.10. The summed E-state index contributed by atoms with van der Waals surface area (Å²) >= 11 is 3.44. The molecule has 0 saturated heterocycles. The van der Waals surface area contributed by atoms with Crippen molar-refractivity contribution in [2.24, 2.45) is 0 Å². The van der Waals surface area contributed by atoms with Crippen LogP contribution in [0.1, 0.15) is 11.1 Å². The molecule has 2 aromatic carbocycles. The van der Waals surface area contributed by atoms with Crippen molar-refractivity contribution in [1.82, 2.24) is 0 Å². The third-order valence-electron chi connectivity index (χ3n) is 3.26. The molecule has 2 aromatic rings. The Labute approximate surface area is 131 Å². The van der Waals surface area contributed by atoms with Gasteiger partial charge in [-0.25, -0.2) is 4.79 Å². The van der Waals surface area contributed by atoms with Crippen LogP contribution in [0.5, 0.6) is 5.75 Å². The SMILES string of the molecule is O=C(Nc1ccc(Br)c2c1CCO2)OCc1ccccc1. The Morgan fingerprint density at radius 3 is 2.86 bits per heavy atom. The number of fused-ring (bicyclic) bond motifs is 1. The third kappa shape index (κ3) is 3.19. The number of benzene rings is 2. The Morgan fingerprint density at radius 1 is 1.24 bits per heavy atom. The lowest BCUT2D eigenvalue weighted by Crippen LogP contribution is -2.14. The van der Waals surface area contributed by atoms with Gasteiger partial charge in [-0.3, -0.25) is 5.32 Å².